The number of carbonyl (C=O) groups excluding carboxylic acids is 1. The number of nitrogens with two attached hydrogens (primary N) is 1. The summed E-state index contributed by atoms with van der Waals surface area (Å²) in [6.45, 7) is 7.22. The largest absolute Gasteiger partial charge is 0.339 e. The summed E-state index contributed by atoms with van der Waals surface area (Å²) < 4.78 is 23.1. The molecule has 1 rings (SSSR count). The van der Waals surface area contributed by atoms with Gasteiger partial charge >= 0.3 is 0 Å². The van der Waals surface area contributed by atoms with E-state index in [4.69, 9.17) is 5.73 Å². The van der Waals surface area contributed by atoms with Crippen LogP contribution in [0.25, 0.3) is 0 Å². The maximum absolute atomic E-state index is 12.4. The van der Waals surface area contributed by atoms with E-state index in [2.05, 4.69) is 13.8 Å². The lowest BCUT2D eigenvalue weighted by atomic mass is 9.93. The molecule has 1 aliphatic heterocycles. The standard InChI is InChI=1S/C14H28N2O3S/c1-4-16(13-5-6-20(18,19)10-13)14(17)8-12(9-15)7-11(2)3/h11-13H,4-10,15H2,1-3H3. The molecule has 2 atom stereocenters. The maximum atomic E-state index is 12.4. The van der Waals surface area contributed by atoms with E-state index >= 15 is 0 Å². The summed E-state index contributed by atoms with van der Waals surface area (Å²) in [6.07, 6.45) is 1.93. The fourth-order valence-electron chi connectivity index (χ4n) is 2.95. The molecule has 0 aliphatic carbocycles. The second-order valence-corrected chi connectivity index (χ2v) is 8.40. The van der Waals surface area contributed by atoms with Gasteiger partial charge < -0.3 is 10.6 Å². The molecule has 2 unspecified atom stereocenters. The fraction of sp³-hybridized carbons (Fsp3) is 0.929. The summed E-state index contributed by atoms with van der Waals surface area (Å²) in [5, 5.41) is 0. The third-order valence-corrected chi connectivity index (χ3v) is 5.66. The Morgan fingerprint density at radius 1 is 1.40 bits per heavy atom. The molecule has 0 saturated carbocycles. The van der Waals surface area contributed by atoms with Crippen molar-refractivity contribution in [3.8, 4) is 0 Å². The second kappa shape index (κ2) is 7.41. The first kappa shape index (κ1) is 17.4. The molecule has 0 bridgehead atoms. The fourth-order valence-corrected chi connectivity index (χ4v) is 4.68. The van der Waals surface area contributed by atoms with E-state index in [0.29, 0.717) is 31.8 Å². The monoisotopic (exact) mass is 304 g/mol. The van der Waals surface area contributed by atoms with Gasteiger partial charge in [0.1, 0.15) is 0 Å². The lowest BCUT2D eigenvalue weighted by Gasteiger charge is -2.29. The first-order chi connectivity index (χ1) is 9.29. The van der Waals surface area contributed by atoms with Crippen LogP contribution in [0, 0.1) is 11.8 Å². The molecule has 1 amide bonds. The van der Waals surface area contributed by atoms with Gasteiger partial charge in [-0.1, -0.05) is 13.8 Å². The Hall–Kier alpha value is -0.620. The van der Waals surface area contributed by atoms with Crippen molar-refractivity contribution in [1.29, 1.82) is 0 Å². The van der Waals surface area contributed by atoms with Crippen LogP contribution in [0.2, 0.25) is 0 Å². The number of amides is 1. The number of sulfone groups is 1. The van der Waals surface area contributed by atoms with E-state index < -0.39 is 9.84 Å². The van der Waals surface area contributed by atoms with Crippen molar-refractivity contribution in [2.45, 2.75) is 46.1 Å². The minimum absolute atomic E-state index is 0.0469. The Morgan fingerprint density at radius 3 is 2.45 bits per heavy atom. The van der Waals surface area contributed by atoms with Gasteiger partial charge in [0, 0.05) is 19.0 Å². The molecule has 0 aromatic rings. The number of nitrogens with zero attached hydrogens (tertiary/aromatic N) is 1. The minimum Gasteiger partial charge on any atom is -0.339 e. The first-order valence-electron chi connectivity index (χ1n) is 7.49. The lowest BCUT2D eigenvalue weighted by molar-refractivity contribution is -0.133. The highest BCUT2D eigenvalue weighted by Gasteiger charge is 2.34. The van der Waals surface area contributed by atoms with Crippen molar-refractivity contribution in [2.24, 2.45) is 17.6 Å². The molecular weight excluding hydrogens is 276 g/mol. The summed E-state index contributed by atoms with van der Waals surface area (Å²) in [5.74, 6) is 1.07. The van der Waals surface area contributed by atoms with Gasteiger partial charge in [0.2, 0.25) is 5.91 Å². The molecule has 5 nitrogen and oxygen atoms in total. The zero-order valence-electron chi connectivity index (χ0n) is 12.8. The summed E-state index contributed by atoms with van der Waals surface area (Å²) in [5.41, 5.74) is 5.74. The third kappa shape index (κ3) is 5.05. The van der Waals surface area contributed by atoms with E-state index in [0.717, 1.165) is 6.42 Å². The Labute approximate surface area is 122 Å². The molecule has 1 fully saturated rings. The summed E-state index contributed by atoms with van der Waals surface area (Å²) in [7, 11) is -2.96. The number of rotatable bonds is 7. The zero-order chi connectivity index (χ0) is 15.3. The molecule has 1 heterocycles. The van der Waals surface area contributed by atoms with Crippen molar-refractivity contribution in [1.82, 2.24) is 4.90 Å². The van der Waals surface area contributed by atoms with Crippen LogP contribution in [-0.2, 0) is 14.6 Å². The highest BCUT2D eigenvalue weighted by atomic mass is 32.2. The summed E-state index contributed by atoms with van der Waals surface area (Å²) in [4.78, 5) is 14.1. The Balaban J connectivity index is 2.63. The van der Waals surface area contributed by atoms with Crippen molar-refractivity contribution in [3.05, 3.63) is 0 Å². The molecule has 6 heteroatoms. The van der Waals surface area contributed by atoms with Crippen LogP contribution in [0.5, 0.6) is 0 Å². The molecule has 1 aliphatic rings. The van der Waals surface area contributed by atoms with Crippen LogP contribution in [0.1, 0.15) is 40.0 Å². The number of hydrogen-bond donors (Lipinski definition) is 1. The van der Waals surface area contributed by atoms with Crippen LogP contribution < -0.4 is 5.73 Å². The van der Waals surface area contributed by atoms with Crippen molar-refractivity contribution >= 4 is 15.7 Å². The van der Waals surface area contributed by atoms with Crippen LogP contribution in [0.4, 0.5) is 0 Å². The average molecular weight is 304 g/mol. The molecule has 0 aromatic heterocycles. The SMILES string of the molecule is CCN(C(=O)CC(CN)CC(C)C)C1CCS(=O)(=O)C1. The normalized spacial score (nSPS) is 22.9. The van der Waals surface area contributed by atoms with Gasteiger partial charge in [-0.3, -0.25) is 4.79 Å². The smallest absolute Gasteiger partial charge is 0.223 e. The predicted molar refractivity (Wildman–Crippen MR) is 81.1 cm³/mol. The van der Waals surface area contributed by atoms with Gasteiger partial charge in [0.05, 0.1) is 11.5 Å². The minimum atomic E-state index is -2.96. The molecule has 0 radical (unpaired) electrons. The van der Waals surface area contributed by atoms with E-state index in [-0.39, 0.29) is 29.4 Å². The molecule has 2 N–H and O–H groups in total. The van der Waals surface area contributed by atoms with Gasteiger partial charge in [-0.2, -0.15) is 0 Å². The Morgan fingerprint density at radius 2 is 2.05 bits per heavy atom. The highest BCUT2D eigenvalue weighted by molar-refractivity contribution is 7.91. The number of carbonyl (C=O) groups is 1. The van der Waals surface area contributed by atoms with E-state index in [9.17, 15) is 13.2 Å². The average Bonchev–Trinajstić information content (AvgIpc) is 2.69. The Bertz CT molecular complexity index is 420. The van der Waals surface area contributed by atoms with Gasteiger partial charge in [-0.25, -0.2) is 8.42 Å². The summed E-state index contributed by atoms with van der Waals surface area (Å²) in [6, 6.07) is -0.144. The molecule has 20 heavy (non-hydrogen) atoms. The van der Waals surface area contributed by atoms with Crippen molar-refractivity contribution in [2.75, 3.05) is 24.6 Å². The van der Waals surface area contributed by atoms with Crippen LogP contribution >= 0.6 is 0 Å². The second-order valence-electron chi connectivity index (χ2n) is 6.17. The van der Waals surface area contributed by atoms with Crippen LogP contribution in [-0.4, -0.2) is 49.9 Å². The first-order valence-corrected chi connectivity index (χ1v) is 9.31. The maximum Gasteiger partial charge on any atom is 0.223 e. The Kier molecular flexibility index (Phi) is 6.45. The highest BCUT2D eigenvalue weighted by Crippen LogP contribution is 2.21. The molecule has 1 saturated heterocycles. The zero-order valence-corrected chi connectivity index (χ0v) is 13.7. The van der Waals surface area contributed by atoms with Crippen molar-refractivity contribution in [3.63, 3.8) is 0 Å². The number of hydrogen-bond acceptors (Lipinski definition) is 4. The van der Waals surface area contributed by atoms with Crippen LogP contribution in [0.15, 0.2) is 0 Å². The van der Waals surface area contributed by atoms with E-state index in [1.54, 1.807) is 4.90 Å². The lowest BCUT2D eigenvalue weighted by Crippen LogP contribution is -2.42. The van der Waals surface area contributed by atoms with E-state index in [1.165, 1.54) is 0 Å². The molecule has 0 aromatic carbocycles. The molecule has 118 valence electrons. The quantitative estimate of drug-likeness (QED) is 0.762. The van der Waals surface area contributed by atoms with Gasteiger partial charge in [-0.15, -0.1) is 0 Å². The molecular formula is C14H28N2O3S. The topological polar surface area (TPSA) is 80.5 Å². The van der Waals surface area contributed by atoms with Gasteiger partial charge in [0.25, 0.3) is 0 Å². The predicted octanol–water partition coefficient (Wildman–Crippen LogP) is 1.03. The molecule has 0 spiro atoms. The van der Waals surface area contributed by atoms with Crippen LogP contribution in [0.3, 0.4) is 0 Å². The van der Waals surface area contributed by atoms with Gasteiger partial charge in [0.15, 0.2) is 9.84 Å². The van der Waals surface area contributed by atoms with Gasteiger partial charge in [-0.05, 0) is 38.1 Å². The third-order valence-electron chi connectivity index (χ3n) is 3.91. The van der Waals surface area contributed by atoms with E-state index in [1.807, 2.05) is 6.92 Å². The summed E-state index contributed by atoms with van der Waals surface area (Å²) >= 11 is 0. The van der Waals surface area contributed by atoms with Crippen molar-refractivity contribution < 1.29 is 13.2 Å².